The van der Waals surface area contributed by atoms with Gasteiger partial charge in [-0.1, -0.05) is 12.1 Å². The monoisotopic (exact) mass is 544 g/mol. The normalized spacial score (nSPS) is 13.9. The van der Waals surface area contributed by atoms with Crippen LogP contribution in [-0.2, 0) is 30.7 Å². The van der Waals surface area contributed by atoms with E-state index < -0.39 is 26.9 Å². The Morgan fingerprint density at radius 1 is 1.14 bits per heavy atom. The summed E-state index contributed by atoms with van der Waals surface area (Å²) in [5.74, 6) is -1.36. The third-order valence-corrected chi connectivity index (χ3v) is 8.24. The lowest BCUT2D eigenvalue weighted by Gasteiger charge is -2.13. The molecule has 37 heavy (non-hydrogen) atoms. The van der Waals surface area contributed by atoms with Crippen molar-refractivity contribution in [1.82, 2.24) is 20.9 Å². The largest absolute Gasteiger partial charge is 0.377 e. The van der Waals surface area contributed by atoms with E-state index in [4.69, 9.17) is 4.74 Å². The fourth-order valence-corrected chi connectivity index (χ4v) is 6.49. The molecule has 12 heteroatoms. The van der Waals surface area contributed by atoms with Crippen LogP contribution in [0.15, 0.2) is 36.4 Å². The molecule has 0 bridgehead atoms. The molecule has 3 aromatic rings. The van der Waals surface area contributed by atoms with Crippen molar-refractivity contribution in [3.8, 4) is 11.1 Å². The summed E-state index contributed by atoms with van der Waals surface area (Å²) in [6.45, 7) is 4.48. The van der Waals surface area contributed by atoms with Crippen molar-refractivity contribution in [3.63, 3.8) is 0 Å². The van der Waals surface area contributed by atoms with Gasteiger partial charge in [0, 0.05) is 24.9 Å². The standard InChI is InChI=1S/C25H28N4O6S2/c1-14(2)35-9-8-26-21(30)13-28-24(32)22(37(3,33)34)25-29-19-7-5-16(11-20(19)36-25)15-4-6-18-17(10-15)12-27-23(18)31/h4-7,10-11,14,22H,8-9,12-13H2,1-3H3,(H,26,30)(H,27,31)(H,28,32). The number of benzene rings is 2. The molecule has 0 saturated heterocycles. The molecule has 2 aromatic carbocycles. The van der Waals surface area contributed by atoms with E-state index in [1.54, 1.807) is 12.1 Å². The molecule has 196 valence electrons. The van der Waals surface area contributed by atoms with Crippen LogP contribution in [0.25, 0.3) is 21.3 Å². The number of fused-ring (bicyclic) bond motifs is 2. The van der Waals surface area contributed by atoms with Crippen LogP contribution in [0.2, 0.25) is 0 Å². The fourth-order valence-electron chi connectivity index (χ4n) is 3.94. The zero-order chi connectivity index (χ0) is 26.7. The van der Waals surface area contributed by atoms with E-state index in [9.17, 15) is 22.8 Å². The van der Waals surface area contributed by atoms with Gasteiger partial charge in [-0.25, -0.2) is 13.4 Å². The molecule has 1 unspecified atom stereocenters. The summed E-state index contributed by atoms with van der Waals surface area (Å²) in [6.07, 6.45) is 1.01. The number of rotatable bonds is 10. The molecule has 2 heterocycles. The Morgan fingerprint density at radius 2 is 1.86 bits per heavy atom. The Labute approximate surface area is 218 Å². The minimum absolute atomic E-state index is 0.0355. The maximum atomic E-state index is 12.9. The van der Waals surface area contributed by atoms with Gasteiger partial charge in [0.25, 0.3) is 5.91 Å². The van der Waals surface area contributed by atoms with E-state index in [1.165, 1.54) is 0 Å². The van der Waals surface area contributed by atoms with Crippen LogP contribution in [0, 0.1) is 0 Å². The van der Waals surface area contributed by atoms with Crippen molar-refractivity contribution in [3.05, 3.63) is 52.5 Å². The molecule has 3 amide bonds. The van der Waals surface area contributed by atoms with E-state index in [0.717, 1.165) is 34.3 Å². The first-order valence-corrected chi connectivity index (χ1v) is 14.5. The summed E-state index contributed by atoms with van der Waals surface area (Å²) in [5.41, 5.74) is 3.92. The highest BCUT2D eigenvalue weighted by Gasteiger charge is 2.34. The van der Waals surface area contributed by atoms with Crippen molar-refractivity contribution >= 4 is 49.1 Å². The van der Waals surface area contributed by atoms with Gasteiger partial charge in [0.1, 0.15) is 5.01 Å². The number of hydrogen-bond acceptors (Lipinski definition) is 8. The second kappa shape index (κ2) is 11.0. The van der Waals surface area contributed by atoms with Crippen LogP contribution >= 0.6 is 11.3 Å². The second-order valence-electron chi connectivity index (χ2n) is 8.99. The van der Waals surface area contributed by atoms with Gasteiger partial charge >= 0.3 is 0 Å². The number of sulfone groups is 1. The molecule has 3 N–H and O–H groups in total. The predicted molar refractivity (Wildman–Crippen MR) is 141 cm³/mol. The Morgan fingerprint density at radius 3 is 2.59 bits per heavy atom. The van der Waals surface area contributed by atoms with E-state index in [2.05, 4.69) is 20.9 Å². The zero-order valence-corrected chi connectivity index (χ0v) is 22.3. The summed E-state index contributed by atoms with van der Waals surface area (Å²) in [5, 5.41) is 6.40. The first-order chi connectivity index (χ1) is 17.5. The van der Waals surface area contributed by atoms with E-state index in [0.29, 0.717) is 28.9 Å². The SMILES string of the molecule is CC(C)OCCNC(=O)CNC(=O)C(c1nc2ccc(-c3ccc4c(c3)CNC4=O)cc2s1)S(C)(=O)=O. The Bertz CT molecular complexity index is 1470. The van der Waals surface area contributed by atoms with Gasteiger partial charge in [-0.15, -0.1) is 11.3 Å². The maximum Gasteiger partial charge on any atom is 0.251 e. The lowest BCUT2D eigenvalue weighted by Crippen LogP contribution is -2.41. The minimum atomic E-state index is -3.87. The van der Waals surface area contributed by atoms with E-state index >= 15 is 0 Å². The summed E-state index contributed by atoms with van der Waals surface area (Å²) in [6, 6.07) is 11.1. The number of nitrogens with one attached hydrogen (secondary N) is 3. The number of carbonyl (C=O) groups excluding carboxylic acids is 3. The van der Waals surface area contributed by atoms with Gasteiger partial charge in [-0.2, -0.15) is 0 Å². The van der Waals surface area contributed by atoms with Gasteiger partial charge in [0.05, 0.1) is 29.5 Å². The molecular weight excluding hydrogens is 516 g/mol. The van der Waals surface area contributed by atoms with Crippen molar-refractivity contribution in [2.45, 2.75) is 31.7 Å². The molecule has 10 nitrogen and oxygen atoms in total. The predicted octanol–water partition coefficient (Wildman–Crippen LogP) is 1.95. The number of ether oxygens (including phenoxy) is 1. The Hall–Kier alpha value is -3.35. The number of thiazole rings is 1. The lowest BCUT2D eigenvalue weighted by molar-refractivity contribution is -0.126. The molecule has 1 aliphatic heterocycles. The van der Waals surface area contributed by atoms with Crippen molar-refractivity contribution in [2.75, 3.05) is 26.0 Å². The average molecular weight is 545 g/mol. The zero-order valence-electron chi connectivity index (χ0n) is 20.7. The van der Waals surface area contributed by atoms with Crippen LogP contribution in [0.4, 0.5) is 0 Å². The number of carbonyl (C=O) groups is 3. The van der Waals surface area contributed by atoms with Crippen LogP contribution in [0.3, 0.4) is 0 Å². The van der Waals surface area contributed by atoms with Crippen LogP contribution in [0.1, 0.15) is 40.0 Å². The van der Waals surface area contributed by atoms with Crippen LogP contribution in [-0.4, -0.2) is 63.2 Å². The van der Waals surface area contributed by atoms with Gasteiger partial charge in [0.15, 0.2) is 15.1 Å². The summed E-state index contributed by atoms with van der Waals surface area (Å²) >= 11 is 1.11. The molecule has 0 saturated carbocycles. The van der Waals surface area contributed by atoms with Gasteiger partial charge in [0.2, 0.25) is 11.8 Å². The summed E-state index contributed by atoms with van der Waals surface area (Å²) in [4.78, 5) is 41.1. The highest BCUT2D eigenvalue weighted by atomic mass is 32.2. The Kier molecular flexibility index (Phi) is 7.90. The lowest BCUT2D eigenvalue weighted by atomic mass is 10.0. The quantitative estimate of drug-likeness (QED) is 0.331. The van der Waals surface area contributed by atoms with Crippen LogP contribution < -0.4 is 16.0 Å². The Balaban J connectivity index is 1.50. The third-order valence-electron chi connectivity index (χ3n) is 5.72. The maximum absolute atomic E-state index is 12.9. The number of amides is 3. The first kappa shape index (κ1) is 26.7. The van der Waals surface area contributed by atoms with Crippen molar-refractivity contribution < 1.29 is 27.5 Å². The van der Waals surface area contributed by atoms with Crippen molar-refractivity contribution in [1.29, 1.82) is 0 Å². The molecule has 1 aliphatic rings. The van der Waals surface area contributed by atoms with Gasteiger partial charge in [-0.05, 0) is 54.8 Å². The molecule has 0 spiro atoms. The number of hydrogen-bond donors (Lipinski definition) is 3. The summed E-state index contributed by atoms with van der Waals surface area (Å²) < 4.78 is 31.2. The molecule has 0 radical (unpaired) electrons. The van der Waals surface area contributed by atoms with Gasteiger partial charge < -0.3 is 20.7 Å². The molecule has 1 aromatic heterocycles. The summed E-state index contributed by atoms with van der Waals surface area (Å²) in [7, 11) is -3.87. The fraction of sp³-hybridized carbons (Fsp3) is 0.360. The van der Waals surface area contributed by atoms with Crippen LogP contribution in [0.5, 0.6) is 0 Å². The average Bonchev–Trinajstić information content (AvgIpc) is 3.41. The van der Waals surface area contributed by atoms with Crippen molar-refractivity contribution in [2.24, 2.45) is 0 Å². The number of nitrogens with zero attached hydrogens (tertiary/aromatic N) is 1. The molecule has 0 fully saturated rings. The smallest absolute Gasteiger partial charge is 0.251 e. The highest BCUT2D eigenvalue weighted by Crippen LogP contribution is 2.34. The molecular formula is C25H28N4O6S2. The molecule has 0 aliphatic carbocycles. The van der Waals surface area contributed by atoms with E-state index in [1.807, 2.05) is 38.1 Å². The third kappa shape index (κ3) is 6.32. The van der Waals surface area contributed by atoms with Gasteiger partial charge in [-0.3, -0.25) is 14.4 Å². The highest BCUT2D eigenvalue weighted by molar-refractivity contribution is 7.91. The number of aromatic nitrogens is 1. The molecule has 1 atom stereocenters. The minimum Gasteiger partial charge on any atom is -0.377 e. The molecule has 4 rings (SSSR count). The topological polar surface area (TPSA) is 144 Å². The second-order valence-corrected chi connectivity index (χ2v) is 12.2. The van der Waals surface area contributed by atoms with E-state index in [-0.39, 0.29) is 30.1 Å². The first-order valence-electron chi connectivity index (χ1n) is 11.7.